The Morgan fingerprint density at radius 3 is 2.74 bits per heavy atom. The average Bonchev–Trinajstić information content (AvgIpc) is 2.98. The van der Waals surface area contributed by atoms with Crippen molar-refractivity contribution >= 4 is 31.9 Å². The monoisotopic (exact) mass is 441 g/mol. The van der Waals surface area contributed by atoms with Gasteiger partial charge in [-0.1, -0.05) is 22.0 Å². The van der Waals surface area contributed by atoms with Crippen LogP contribution in [0, 0.1) is 0 Å². The van der Waals surface area contributed by atoms with E-state index in [4.69, 9.17) is 14.2 Å². The number of hydrogen-bond acceptors (Lipinski definition) is 4. The van der Waals surface area contributed by atoms with E-state index in [2.05, 4.69) is 43.2 Å². The van der Waals surface area contributed by atoms with E-state index in [1.807, 2.05) is 31.2 Å². The van der Waals surface area contributed by atoms with Crippen molar-refractivity contribution in [2.75, 3.05) is 13.4 Å². The summed E-state index contributed by atoms with van der Waals surface area (Å²) in [5.74, 6) is 2.50. The number of benzene rings is 2. The first kappa shape index (κ1) is 16.6. The summed E-state index contributed by atoms with van der Waals surface area (Å²) in [6, 6.07) is 10.1. The summed E-state index contributed by atoms with van der Waals surface area (Å²) in [7, 11) is 0. The molecule has 23 heavy (non-hydrogen) atoms. The molecule has 0 bridgehead atoms. The van der Waals surface area contributed by atoms with Crippen LogP contribution >= 0.6 is 31.9 Å². The second-order valence-electron chi connectivity index (χ2n) is 5.10. The predicted octanol–water partition coefficient (Wildman–Crippen LogP) is 4.63. The first-order chi connectivity index (χ1) is 11.2. The van der Waals surface area contributed by atoms with E-state index in [1.54, 1.807) is 0 Å². The van der Waals surface area contributed by atoms with Gasteiger partial charge in [0.25, 0.3) is 0 Å². The largest absolute Gasteiger partial charge is 0.492 e. The van der Waals surface area contributed by atoms with Crippen molar-refractivity contribution < 1.29 is 14.2 Å². The van der Waals surface area contributed by atoms with E-state index < -0.39 is 0 Å². The molecule has 1 aliphatic heterocycles. The molecule has 0 amide bonds. The maximum absolute atomic E-state index is 5.74. The third kappa shape index (κ3) is 4.00. The maximum Gasteiger partial charge on any atom is 0.231 e. The fourth-order valence-electron chi connectivity index (χ4n) is 2.44. The van der Waals surface area contributed by atoms with Crippen LogP contribution in [0.25, 0.3) is 0 Å². The first-order valence-corrected chi connectivity index (χ1v) is 8.96. The van der Waals surface area contributed by atoms with Crippen molar-refractivity contribution in [3.63, 3.8) is 0 Å². The zero-order valence-electron chi connectivity index (χ0n) is 12.7. The zero-order chi connectivity index (χ0) is 16.2. The molecule has 6 heteroatoms. The molecule has 1 N–H and O–H groups in total. The minimum Gasteiger partial charge on any atom is -0.492 e. The fourth-order valence-corrected chi connectivity index (χ4v) is 3.87. The van der Waals surface area contributed by atoms with Crippen LogP contribution in [-0.2, 0) is 13.1 Å². The summed E-state index contributed by atoms with van der Waals surface area (Å²) in [4.78, 5) is 0. The van der Waals surface area contributed by atoms with Gasteiger partial charge in [0, 0.05) is 23.1 Å². The van der Waals surface area contributed by atoms with Gasteiger partial charge in [0.15, 0.2) is 11.5 Å². The van der Waals surface area contributed by atoms with Gasteiger partial charge in [-0.15, -0.1) is 0 Å². The summed E-state index contributed by atoms with van der Waals surface area (Å²) in [5.41, 5.74) is 2.26. The Bertz CT molecular complexity index is 706. The fraction of sp³-hybridized carbons (Fsp3) is 0.294. The molecular weight excluding hydrogens is 426 g/mol. The SMILES string of the molecule is CCOc1c(Br)cc(Br)cc1CNCc1ccc2c(c1)OCO2. The molecule has 2 aromatic carbocycles. The molecule has 0 spiro atoms. The van der Waals surface area contributed by atoms with Crippen LogP contribution in [0.5, 0.6) is 17.2 Å². The average molecular weight is 443 g/mol. The van der Waals surface area contributed by atoms with Crippen molar-refractivity contribution in [3.05, 3.63) is 50.4 Å². The number of rotatable bonds is 6. The smallest absolute Gasteiger partial charge is 0.231 e. The van der Waals surface area contributed by atoms with Crippen molar-refractivity contribution in [2.24, 2.45) is 0 Å². The highest BCUT2D eigenvalue weighted by atomic mass is 79.9. The van der Waals surface area contributed by atoms with E-state index in [0.29, 0.717) is 19.9 Å². The second-order valence-corrected chi connectivity index (χ2v) is 6.87. The van der Waals surface area contributed by atoms with E-state index in [9.17, 15) is 0 Å². The molecule has 0 saturated heterocycles. The van der Waals surface area contributed by atoms with Crippen LogP contribution in [-0.4, -0.2) is 13.4 Å². The summed E-state index contributed by atoms with van der Waals surface area (Å²) < 4.78 is 18.4. The van der Waals surface area contributed by atoms with Gasteiger partial charge in [-0.2, -0.15) is 0 Å². The Morgan fingerprint density at radius 1 is 1.09 bits per heavy atom. The van der Waals surface area contributed by atoms with Crippen LogP contribution in [0.2, 0.25) is 0 Å². The van der Waals surface area contributed by atoms with Crippen molar-refractivity contribution in [1.82, 2.24) is 5.32 Å². The Balaban J connectivity index is 1.66. The van der Waals surface area contributed by atoms with Gasteiger partial charge >= 0.3 is 0 Å². The standard InChI is InChI=1S/C17H17Br2NO3/c1-2-21-17-12(6-13(18)7-14(17)19)9-20-8-11-3-4-15-16(5-11)23-10-22-15/h3-7,20H,2,8-10H2,1H3. The summed E-state index contributed by atoms with van der Waals surface area (Å²) in [6.07, 6.45) is 0. The molecule has 0 aromatic heterocycles. The Labute approximate surface area is 152 Å². The molecule has 1 aliphatic rings. The van der Waals surface area contributed by atoms with Gasteiger partial charge in [-0.05, 0) is 52.7 Å². The van der Waals surface area contributed by atoms with Crippen LogP contribution in [0.15, 0.2) is 39.3 Å². The molecule has 2 aromatic rings. The molecule has 0 saturated carbocycles. The van der Waals surface area contributed by atoms with Gasteiger partial charge in [0.05, 0.1) is 11.1 Å². The van der Waals surface area contributed by atoms with Gasteiger partial charge < -0.3 is 19.5 Å². The van der Waals surface area contributed by atoms with Gasteiger partial charge in [-0.3, -0.25) is 0 Å². The topological polar surface area (TPSA) is 39.7 Å². The lowest BCUT2D eigenvalue weighted by molar-refractivity contribution is 0.174. The molecule has 3 rings (SSSR count). The summed E-state index contributed by atoms with van der Waals surface area (Å²) >= 11 is 7.08. The second kappa shape index (κ2) is 7.55. The van der Waals surface area contributed by atoms with Crippen molar-refractivity contribution in [3.8, 4) is 17.2 Å². The maximum atomic E-state index is 5.74. The number of ether oxygens (including phenoxy) is 3. The number of nitrogens with one attached hydrogen (secondary N) is 1. The van der Waals surface area contributed by atoms with Crippen LogP contribution in [0.4, 0.5) is 0 Å². The van der Waals surface area contributed by atoms with Crippen LogP contribution < -0.4 is 19.5 Å². The van der Waals surface area contributed by atoms with Crippen LogP contribution in [0.1, 0.15) is 18.1 Å². The van der Waals surface area contributed by atoms with E-state index in [1.165, 1.54) is 0 Å². The lowest BCUT2D eigenvalue weighted by Gasteiger charge is -2.14. The molecule has 0 atom stereocenters. The summed E-state index contributed by atoms with van der Waals surface area (Å²) in [5, 5.41) is 3.44. The normalized spacial score (nSPS) is 12.5. The lowest BCUT2D eigenvalue weighted by Crippen LogP contribution is -2.14. The first-order valence-electron chi connectivity index (χ1n) is 7.37. The van der Waals surface area contributed by atoms with Crippen molar-refractivity contribution in [1.29, 1.82) is 0 Å². The third-order valence-corrected chi connectivity index (χ3v) is 4.50. The molecule has 4 nitrogen and oxygen atoms in total. The molecule has 1 heterocycles. The lowest BCUT2D eigenvalue weighted by atomic mass is 10.1. The van der Waals surface area contributed by atoms with E-state index in [0.717, 1.165) is 43.9 Å². The van der Waals surface area contributed by atoms with Gasteiger partial charge in [0.2, 0.25) is 6.79 Å². The highest BCUT2D eigenvalue weighted by molar-refractivity contribution is 9.11. The minimum absolute atomic E-state index is 0.302. The molecule has 0 radical (unpaired) electrons. The minimum atomic E-state index is 0.302. The number of halogens is 2. The Morgan fingerprint density at radius 2 is 1.91 bits per heavy atom. The number of fused-ring (bicyclic) bond motifs is 1. The Kier molecular flexibility index (Phi) is 5.46. The van der Waals surface area contributed by atoms with E-state index in [-0.39, 0.29) is 0 Å². The quantitative estimate of drug-likeness (QED) is 0.707. The van der Waals surface area contributed by atoms with Crippen LogP contribution in [0.3, 0.4) is 0 Å². The third-order valence-electron chi connectivity index (χ3n) is 3.46. The van der Waals surface area contributed by atoms with Crippen molar-refractivity contribution in [2.45, 2.75) is 20.0 Å². The molecule has 0 aliphatic carbocycles. The molecule has 122 valence electrons. The Hall–Kier alpha value is -1.24. The number of hydrogen-bond donors (Lipinski definition) is 1. The zero-order valence-corrected chi connectivity index (χ0v) is 15.9. The summed E-state index contributed by atoms with van der Waals surface area (Å²) in [6.45, 7) is 4.37. The molecule has 0 fully saturated rings. The molecule has 0 unspecified atom stereocenters. The van der Waals surface area contributed by atoms with Gasteiger partial charge in [0.1, 0.15) is 5.75 Å². The molecular formula is C17H17Br2NO3. The van der Waals surface area contributed by atoms with Gasteiger partial charge in [-0.25, -0.2) is 0 Å². The highest BCUT2D eigenvalue weighted by Crippen LogP contribution is 2.34. The van der Waals surface area contributed by atoms with E-state index >= 15 is 0 Å². The predicted molar refractivity (Wildman–Crippen MR) is 96.1 cm³/mol. The highest BCUT2D eigenvalue weighted by Gasteiger charge is 2.13.